The Hall–Kier alpha value is -2.41. The van der Waals surface area contributed by atoms with Crippen LogP contribution in [0.4, 0.5) is 0 Å². The van der Waals surface area contributed by atoms with Crippen molar-refractivity contribution in [2.45, 2.75) is 18.4 Å². The van der Waals surface area contributed by atoms with Crippen LogP contribution in [0, 0.1) is 6.92 Å². The van der Waals surface area contributed by atoms with Gasteiger partial charge in [0, 0.05) is 23.8 Å². The summed E-state index contributed by atoms with van der Waals surface area (Å²) in [5.74, 6) is 1.05. The molecule has 0 aliphatic heterocycles. The van der Waals surface area contributed by atoms with Crippen molar-refractivity contribution in [2.24, 2.45) is 0 Å². The first-order valence-electron chi connectivity index (χ1n) is 7.88. The maximum atomic E-state index is 12.5. The van der Waals surface area contributed by atoms with Crippen molar-refractivity contribution in [3.8, 4) is 11.6 Å². The molecule has 0 spiro atoms. The lowest BCUT2D eigenvalue weighted by molar-refractivity contribution is 0.462. The van der Waals surface area contributed by atoms with E-state index in [9.17, 15) is 8.42 Å². The molecule has 0 unspecified atom stereocenters. The standard InChI is InChI=1S/C19H17ClN2O3S/c1-14-17(20)8-5-9-18(14)26(23,24)22-13-15-6-4-7-16(12-15)25-19-10-2-3-11-21-19/h2-12,22H,13H2,1H3. The molecule has 7 heteroatoms. The van der Waals surface area contributed by atoms with Gasteiger partial charge in [-0.05, 0) is 48.4 Å². The van der Waals surface area contributed by atoms with Gasteiger partial charge in [0.2, 0.25) is 15.9 Å². The molecule has 134 valence electrons. The number of sulfonamides is 1. The highest BCUT2D eigenvalue weighted by Gasteiger charge is 2.17. The summed E-state index contributed by atoms with van der Waals surface area (Å²) in [5, 5.41) is 0.415. The number of benzene rings is 2. The molecule has 26 heavy (non-hydrogen) atoms. The minimum Gasteiger partial charge on any atom is -0.439 e. The number of hydrogen-bond acceptors (Lipinski definition) is 4. The van der Waals surface area contributed by atoms with Crippen molar-refractivity contribution in [3.63, 3.8) is 0 Å². The van der Waals surface area contributed by atoms with Crippen molar-refractivity contribution in [1.82, 2.24) is 9.71 Å². The summed E-state index contributed by atoms with van der Waals surface area (Å²) < 4.78 is 33.3. The fourth-order valence-corrected chi connectivity index (χ4v) is 3.90. The molecule has 3 rings (SSSR count). The van der Waals surface area contributed by atoms with Gasteiger partial charge >= 0.3 is 0 Å². The van der Waals surface area contributed by atoms with Crippen molar-refractivity contribution in [3.05, 3.63) is 83.0 Å². The molecular formula is C19H17ClN2O3S. The van der Waals surface area contributed by atoms with Gasteiger partial charge in [0.05, 0.1) is 4.90 Å². The van der Waals surface area contributed by atoms with Gasteiger partial charge in [-0.2, -0.15) is 0 Å². The third-order valence-electron chi connectivity index (χ3n) is 3.73. The topological polar surface area (TPSA) is 68.3 Å². The fraction of sp³-hybridized carbons (Fsp3) is 0.105. The molecule has 5 nitrogen and oxygen atoms in total. The van der Waals surface area contributed by atoms with Gasteiger partial charge < -0.3 is 4.74 Å². The number of rotatable bonds is 6. The van der Waals surface area contributed by atoms with E-state index >= 15 is 0 Å². The molecule has 0 bridgehead atoms. The van der Waals surface area contributed by atoms with E-state index in [1.54, 1.807) is 55.6 Å². The van der Waals surface area contributed by atoms with Gasteiger partial charge in [0.1, 0.15) is 5.75 Å². The summed E-state index contributed by atoms with van der Waals surface area (Å²) >= 11 is 6.02. The molecule has 0 saturated carbocycles. The Kier molecular flexibility index (Phi) is 5.56. The summed E-state index contributed by atoms with van der Waals surface area (Å²) in [6, 6.07) is 17.4. The molecular weight excluding hydrogens is 372 g/mol. The van der Waals surface area contributed by atoms with Crippen molar-refractivity contribution in [2.75, 3.05) is 0 Å². The number of pyridine rings is 1. The van der Waals surface area contributed by atoms with Gasteiger partial charge in [-0.3, -0.25) is 0 Å². The van der Waals surface area contributed by atoms with Gasteiger partial charge in [0.25, 0.3) is 0 Å². The number of hydrogen-bond donors (Lipinski definition) is 1. The fourth-order valence-electron chi connectivity index (χ4n) is 2.38. The van der Waals surface area contributed by atoms with Crippen molar-refractivity contribution in [1.29, 1.82) is 0 Å². The molecule has 2 aromatic carbocycles. The van der Waals surface area contributed by atoms with Gasteiger partial charge in [-0.1, -0.05) is 35.9 Å². The molecule has 1 aromatic heterocycles. The lowest BCUT2D eigenvalue weighted by Gasteiger charge is -2.11. The van der Waals surface area contributed by atoms with E-state index in [1.807, 2.05) is 12.1 Å². The number of halogens is 1. The second-order valence-electron chi connectivity index (χ2n) is 5.60. The van der Waals surface area contributed by atoms with E-state index in [2.05, 4.69) is 9.71 Å². The van der Waals surface area contributed by atoms with E-state index in [4.69, 9.17) is 16.3 Å². The van der Waals surface area contributed by atoms with Crippen molar-refractivity contribution < 1.29 is 13.2 Å². The first kappa shape index (κ1) is 18.4. The zero-order chi connectivity index (χ0) is 18.6. The molecule has 1 heterocycles. The summed E-state index contributed by atoms with van der Waals surface area (Å²) in [5.41, 5.74) is 1.29. The highest BCUT2D eigenvalue weighted by atomic mass is 35.5. The summed E-state index contributed by atoms with van der Waals surface area (Å²) in [6.07, 6.45) is 1.64. The van der Waals surface area contributed by atoms with Gasteiger partial charge in [-0.25, -0.2) is 18.1 Å². The zero-order valence-electron chi connectivity index (χ0n) is 14.0. The molecule has 1 N–H and O–H groups in total. The third kappa shape index (κ3) is 4.40. The Balaban J connectivity index is 1.73. The van der Waals surface area contributed by atoms with E-state index in [0.717, 1.165) is 5.56 Å². The average molecular weight is 389 g/mol. The van der Waals surface area contributed by atoms with Crippen LogP contribution in [0.1, 0.15) is 11.1 Å². The summed E-state index contributed by atoms with van der Waals surface area (Å²) in [6.45, 7) is 1.81. The monoisotopic (exact) mass is 388 g/mol. The minimum atomic E-state index is -3.67. The molecule has 0 aliphatic rings. The normalized spacial score (nSPS) is 11.3. The molecule has 3 aromatic rings. The molecule has 0 aliphatic carbocycles. The lowest BCUT2D eigenvalue weighted by atomic mass is 10.2. The maximum absolute atomic E-state index is 12.5. The van der Waals surface area contributed by atoms with E-state index in [0.29, 0.717) is 22.2 Å². The van der Waals surface area contributed by atoms with Gasteiger partial charge in [-0.15, -0.1) is 0 Å². The molecule has 0 atom stereocenters. The molecule has 0 saturated heterocycles. The quantitative estimate of drug-likeness (QED) is 0.683. The lowest BCUT2D eigenvalue weighted by Crippen LogP contribution is -2.24. The van der Waals surface area contributed by atoms with E-state index < -0.39 is 10.0 Å². The van der Waals surface area contributed by atoms with Gasteiger partial charge in [0.15, 0.2) is 0 Å². The highest BCUT2D eigenvalue weighted by molar-refractivity contribution is 7.89. The van der Waals surface area contributed by atoms with Crippen LogP contribution < -0.4 is 9.46 Å². The molecule has 0 radical (unpaired) electrons. The zero-order valence-corrected chi connectivity index (χ0v) is 15.6. The van der Waals surface area contributed by atoms with Crippen LogP contribution in [0.5, 0.6) is 11.6 Å². The predicted molar refractivity (Wildman–Crippen MR) is 101 cm³/mol. The first-order valence-corrected chi connectivity index (χ1v) is 9.74. The molecule has 0 fully saturated rings. The van der Waals surface area contributed by atoms with Crippen LogP contribution in [-0.2, 0) is 16.6 Å². The SMILES string of the molecule is Cc1c(Cl)cccc1S(=O)(=O)NCc1cccc(Oc2ccccn2)c1. The molecule has 0 amide bonds. The Labute approximate surface area is 157 Å². The van der Waals surface area contributed by atoms with Crippen LogP contribution in [0.3, 0.4) is 0 Å². The predicted octanol–water partition coefficient (Wildman–Crippen LogP) is 4.31. The van der Waals surface area contributed by atoms with Crippen LogP contribution in [0.2, 0.25) is 5.02 Å². The minimum absolute atomic E-state index is 0.133. The Morgan fingerprint density at radius 3 is 2.65 bits per heavy atom. The number of aromatic nitrogens is 1. The average Bonchev–Trinajstić information content (AvgIpc) is 2.63. The summed E-state index contributed by atoms with van der Waals surface area (Å²) in [7, 11) is -3.67. The Morgan fingerprint density at radius 1 is 1.08 bits per heavy atom. The van der Waals surface area contributed by atoms with E-state index in [1.165, 1.54) is 6.07 Å². The highest BCUT2D eigenvalue weighted by Crippen LogP contribution is 2.23. The Bertz CT molecular complexity index is 1010. The number of ether oxygens (including phenoxy) is 1. The second kappa shape index (κ2) is 7.86. The smallest absolute Gasteiger partial charge is 0.241 e. The van der Waals surface area contributed by atoms with Crippen LogP contribution >= 0.6 is 11.6 Å². The second-order valence-corrected chi connectivity index (χ2v) is 7.75. The van der Waals surface area contributed by atoms with Crippen LogP contribution in [0.25, 0.3) is 0 Å². The Morgan fingerprint density at radius 2 is 1.88 bits per heavy atom. The third-order valence-corrected chi connectivity index (χ3v) is 5.69. The maximum Gasteiger partial charge on any atom is 0.241 e. The summed E-state index contributed by atoms with van der Waals surface area (Å²) in [4.78, 5) is 4.27. The first-order chi connectivity index (χ1) is 12.5. The van der Waals surface area contributed by atoms with Crippen LogP contribution in [-0.4, -0.2) is 13.4 Å². The van der Waals surface area contributed by atoms with Crippen molar-refractivity contribution >= 4 is 21.6 Å². The van der Waals surface area contributed by atoms with E-state index in [-0.39, 0.29) is 11.4 Å². The van der Waals surface area contributed by atoms with Crippen LogP contribution in [0.15, 0.2) is 71.8 Å². The largest absolute Gasteiger partial charge is 0.439 e. The number of nitrogens with zero attached hydrogens (tertiary/aromatic N) is 1. The number of nitrogens with one attached hydrogen (secondary N) is 1.